The lowest BCUT2D eigenvalue weighted by atomic mass is 10.1. The second-order valence-electron chi connectivity index (χ2n) is 4.33. The Morgan fingerprint density at radius 3 is 2.25 bits per heavy atom. The van der Waals surface area contributed by atoms with Gasteiger partial charge in [0.05, 0.1) is 16.7 Å². The Morgan fingerprint density at radius 1 is 1.10 bits per heavy atom. The van der Waals surface area contributed by atoms with Crippen molar-refractivity contribution in [2.75, 3.05) is 4.72 Å². The lowest BCUT2D eigenvalue weighted by Gasteiger charge is -2.10. The van der Waals surface area contributed by atoms with Crippen LogP contribution in [0.15, 0.2) is 53.4 Å². The van der Waals surface area contributed by atoms with E-state index >= 15 is 0 Å². The first-order chi connectivity index (χ1) is 9.40. The number of sulfonamides is 1. The van der Waals surface area contributed by atoms with Crippen LogP contribution in [0.5, 0.6) is 0 Å². The summed E-state index contributed by atoms with van der Waals surface area (Å²) in [7, 11) is -3.61. The zero-order chi connectivity index (χ0) is 14.8. The van der Waals surface area contributed by atoms with Gasteiger partial charge in [-0.25, -0.2) is 8.42 Å². The van der Waals surface area contributed by atoms with E-state index in [-0.39, 0.29) is 4.90 Å². The molecule has 0 aromatic heterocycles. The number of benzene rings is 2. The predicted octanol–water partition coefficient (Wildman–Crippen LogP) is 3.15. The van der Waals surface area contributed by atoms with E-state index in [1.165, 1.54) is 12.1 Å². The van der Waals surface area contributed by atoms with Crippen LogP contribution >= 0.6 is 22.6 Å². The lowest BCUT2D eigenvalue weighted by molar-refractivity contribution is 0.199. The Bertz CT molecular complexity index is 697. The summed E-state index contributed by atoms with van der Waals surface area (Å²) in [4.78, 5) is 0.168. The molecule has 0 saturated heterocycles. The standard InChI is InChI=1S/C14H14INO3S/c1-10(17)11-6-8-12(9-7-11)20(18,19)16-14-5-3-2-4-13(14)15/h2-10,16-17H,1H3. The average molecular weight is 403 g/mol. The van der Waals surface area contributed by atoms with Gasteiger partial charge in [0.25, 0.3) is 10.0 Å². The molecule has 0 aliphatic carbocycles. The molecule has 106 valence electrons. The molecular formula is C14H14INO3S. The summed E-state index contributed by atoms with van der Waals surface area (Å²) < 4.78 is 27.9. The van der Waals surface area contributed by atoms with Crippen molar-refractivity contribution < 1.29 is 13.5 Å². The van der Waals surface area contributed by atoms with Gasteiger partial charge in [0.2, 0.25) is 0 Å². The van der Waals surface area contributed by atoms with E-state index < -0.39 is 16.1 Å². The summed E-state index contributed by atoms with van der Waals surface area (Å²) in [5.74, 6) is 0. The predicted molar refractivity (Wildman–Crippen MR) is 87.0 cm³/mol. The Labute approximate surface area is 132 Å². The van der Waals surface area contributed by atoms with Crippen molar-refractivity contribution in [2.45, 2.75) is 17.9 Å². The van der Waals surface area contributed by atoms with E-state index in [2.05, 4.69) is 27.3 Å². The maximum atomic E-state index is 12.3. The third kappa shape index (κ3) is 3.50. The van der Waals surface area contributed by atoms with Gasteiger partial charge in [-0.3, -0.25) is 4.72 Å². The molecule has 1 unspecified atom stereocenters. The molecule has 4 nitrogen and oxygen atoms in total. The van der Waals surface area contributed by atoms with Crippen LogP contribution in [0.2, 0.25) is 0 Å². The van der Waals surface area contributed by atoms with Crippen molar-refractivity contribution in [1.29, 1.82) is 0 Å². The number of aliphatic hydroxyl groups excluding tert-OH is 1. The zero-order valence-corrected chi connectivity index (χ0v) is 13.7. The van der Waals surface area contributed by atoms with Gasteiger partial charge in [-0.2, -0.15) is 0 Å². The average Bonchev–Trinajstić information content (AvgIpc) is 2.41. The fraction of sp³-hybridized carbons (Fsp3) is 0.143. The molecule has 6 heteroatoms. The third-order valence-electron chi connectivity index (χ3n) is 2.79. The molecule has 2 aromatic rings. The molecule has 0 heterocycles. The van der Waals surface area contributed by atoms with Crippen molar-refractivity contribution in [3.8, 4) is 0 Å². The van der Waals surface area contributed by atoms with Gasteiger partial charge < -0.3 is 5.11 Å². The summed E-state index contributed by atoms with van der Waals surface area (Å²) in [6.07, 6.45) is -0.616. The largest absolute Gasteiger partial charge is 0.389 e. The minimum absolute atomic E-state index is 0.168. The molecular weight excluding hydrogens is 389 g/mol. The summed E-state index contributed by atoms with van der Waals surface area (Å²) in [6, 6.07) is 13.3. The van der Waals surface area contributed by atoms with Crippen LogP contribution in [0, 0.1) is 3.57 Å². The number of nitrogens with one attached hydrogen (secondary N) is 1. The first-order valence-corrected chi connectivity index (χ1v) is 8.52. The highest BCUT2D eigenvalue weighted by Crippen LogP contribution is 2.22. The topological polar surface area (TPSA) is 66.4 Å². The van der Waals surface area contributed by atoms with Gasteiger partial charge in [-0.05, 0) is 59.3 Å². The number of hydrogen-bond acceptors (Lipinski definition) is 3. The maximum absolute atomic E-state index is 12.3. The van der Waals surface area contributed by atoms with Crippen LogP contribution in [0.4, 0.5) is 5.69 Å². The zero-order valence-electron chi connectivity index (χ0n) is 10.7. The van der Waals surface area contributed by atoms with Crippen molar-refractivity contribution in [3.05, 3.63) is 57.7 Å². The van der Waals surface area contributed by atoms with Gasteiger partial charge in [0.15, 0.2) is 0 Å². The molecule has 0 bridgehead atoms. The van der Waals surface area contributed by atoms with Gasteiger partial charge >= 0.3 is 0 Å². The van der Waals surface area contributed by atoms with Crippen LogP contribution in [0.1, 0.15) is 18.6 Å². The molecule has 2 N–H and O–H groups in total. The third-order valence-corrected chi connectivity index (χ3v) is 5.11. The Kier molecular flexibility index (Phi) is 4.66. The Balaban J connectivity index is 2.29. The van der Waals surface area contributed by atoms with Crippen LogP contribution in [0.3, 0.4) is 0 Å². The van der Waals surface area contributed by atoms with Crippen LogP contribution in [0.25, 0.3) is 0 Å². The van der Waals surface area contributed by atoms with Gasteiger partial charge in [0, 0.05) is 3.57 Å². The van der Waals surface area contributed by atoms with Crippen LogP contribution in [-0.4, -0.2) is 13.5 Å². The normalized spacial score (nSPS) is 12.9. The lowest BCUT2D eigenvalue weighted by Crippen LogP contribution is -2.13. The summed E-state index contributed by atoms with van der Waals surface area (Å²) in [5.41, 5.74) is 1.23. The minimum atomic E-state index is -3.61. The molecule has 0 amide bonds. The van der Waals surface area contributed by atoms with E-state index in [1.54, 1.807) is 31.2 Å². The number of halogens is 1. The van der Waals surface area contributed by atoms with Crippen molar-refractivity contribution >= 4 is 38.3 Å². The monoisotopic (exact) mass is 403 g/mol. The van der Waals surface area contributed by atoms with Gasteiger partial charge in [0.1, 0.15) is 0 Å². The number of aliphatic hydroxyl groups is 1. The number of anilines is 1. The quantitative estimate of drug-likeness (QED) is 0.771. The van der Waals surface area contributed by atoms with Crippen LogP contribution in [-0.2, 0) is 10.0 Å². The summed E-state index contributed by atoms with van der Waals surface area (Å²) >= 11 is 2.07. The summed E-state index contributed by atoms with van der Waals surface area (Å²) in [6.45, 7) is 1.63. The Morgan fingerprint density at radius 2 is 1.70 bits per heavy atom. The Hall–Kier alpha value is -1.12. The second kappa shape index (κ2) is 6.11. The first-order valence-electron chi connectivity index (χ1n) is 5.95. The molecule has 2 aromatic carbocycles. The fourth-order valence-electron chi connectivity index (χ4n) is 1.67. The second-order valence-corrected chi connectivity index (χ2v) is 7.17. The van der Waals surface area contributed by atoms with Crippen molar-refractivity contribution in [3.63, 3.8) is 0 Å². The van der Waals surface area contributed by atoms with Crippen molar-refractivity contribution in [2.24, 2.45) is 0 Å². The highest BCUT2D eigenvalue weighted by atomic mass is 127. The first kappa shape index (κ1) is 15.3. The van der Waals surface area contributed by atoms with E-state index in [0.29, 0.717) is 11.3 Å². The maximum Gasteiger partial charge on any atom is 0.261 e. The van der Waals surface area contributed by atoms with Crippen LogP contribution < -0.4 is 4.72 Å². The van der Waals surface area contributed by atoms with E-state index in [9.17, 15) is 13.5 Å². The van der Waals surface area contributed by atoms with Gasteiger partial charge in [-0.1, -0.05) is 24.3 Å². The molecule has 0 spiro atoms. The number of rotatable bonds is 4. The molecule has 0 aliphatic rings. The van der Waals surface area contributed by atoms with E-state index in [0.717, 1.165) is 3.57 Å². The number of hydrogen-bond donors (Lipinski definition) is 2. The molecule has 20 heavy (non-hydrogen) atoms. The minimum Gasteiger partial charge on any atom is -0.389 e. The molecule has 0 radical (unpaired) electrons. The van der Waals surface area contributed by atoms with E-state index in [1.807, 2.05) is 12.1 Å². The molecule has 0 saturated carbocycles. The van der Waals surface area contributed by atoms with Crippen molar-refractivity contribution in [1.82, 2.24) is 0 Å². The molecule has 0 aliphatic heterocycles. The summed E-state index contributed by atoms with van der Waals surface area (Å²) in [5, 5.41) is 9.42. The smallest absolute Gasteiger partial charge is 0.261 e. The number of para-hydroxylation sites is 1. The molecule has 1 atom stereocenters. The fourth-order valence-corrected chi connectivity index (χ4v) is 3.46. The SMILES string of the molecule is CC(O)c1ccc(S(=O)(=O)Nc2ccccc2I)cc1. The van der Waals surface area contributed by atoms with Gasteiger partial charge in [-0.15, -0.1) is 0 Å². The molecule has 0 fully saturated rings. The highest BCUT2D eigenvalue weighted by molar-refractivity contribution is 14.1. The van der Waals surface area contributed by atoms with E-state index in [4.69, 9.17) is 0 Å². The molecule has 2 rings (SSSR count). The highest BCUT2D eigenvalue weighted by Gasteiger charge is 2.15.